The highest BCUT2D eigenvalue weighted by Gasteiger charge is 2.30. The van der Waals surface area contributed by atoms with Crippen LogP contribution in [0, 0.1) is 0 Å². The topological polar surface area (TPSA) is 115 Å². The Bertz CT molecular complexity index is 3690. The second-order valence-electron chi connectivity index (χ2n) is 23.2. The molecule has 8 bridgehead atoms. The van der Waals surface area contributed by atoms with Gasteiger partial charge in [-0.15, -0.1) is 0 Å². The van der Waals surface area contributed by atoms with Gasteiger partial charge in [0.2, 0.25) is 0 Å². The first kappa shape index (κ1) is 44.9. The monoisotopic (exact) mass is 919 g/mol. The molecule has 0 amide bonds. The first-order chi connectivity index (χ1) is 33.2. The molecule has 11 rings (SSSR count). The maximum absolute atomic E-state index is 5.75. The van der Waals surface area contributed by atoms with E-state index in [1.807, 2.05) is 0 Å². The molecule has 350 valence electrons. The van der Waals surface area contributed by atoms with E-state index in [0.29, 0.717) is 0 Å². The number of hydrogen-bond acceptors (Lipinski definition) is 4. The molecule has 5 aromatic heterocycles. The van der Waals surface area contributed by atoms with Crippen molar-refractivity contribution < 1.29 is 0 Å². The second-order valence-corrected chi connectivity index (χ2v) is 23.2. The van der Waals surface area contributed by atoms with Crippen LogP contribution in [0.1, 0.15) is 117 Å². The SMILES string of the molecule is CC(C)(C)c1ccc(-c2c3nc(c(-c4ccc(C(C)(C)C)cc4)c4[nH]c(c(-c5ccc(C(C)(C)C)cc5)c5nc(c(-c6ccc(C(C)(C)C)cc6)c6ccc2[nH]6)-c2nc[nH]c2-5)c2nc[nH]c42)C=C3)cc1. The summed E-state index contributed by atoms with van der Waals surface area (Å²) in [7, 11) is 0. The highest BCUT2D eigenvalue weighted by Crippen LogP contribution is 2.47. The molecule has 0 spiro atoms. The van der Waals surface area contributed by atoms with Crippen LogP contribution in [0.15, 0.2) is 122 Å². The number of H-pyrrole nitrogens is 4. The van der Waals surface area contributed by atoms with Gasteiger partial charge in [-0.25, -0.2) is 19.9 Å². The normalized spacial score (nSPS) is 13.1. The molecule has 0 atom stereocenters. The Kier molecular flexibility index (Phi) is 10.3. The van der Waals surface area contributed by atoms with Crippen molar-refractivity contribution in [1.82, 2.24) is 39.9 Å². The van der Waals surface area contributed by atoms with E-state index < -0.39 is 0 Å². The molecule has 8 heteroatoms. The van der Waals surface area contributed by atoms with Crippen molar-refractivity contribution in [3.8, 4) is 67.3 Å². The largest absolute Gasteiger partial charge is 0.354 e. The minimum Gasteiger partial charge on any atom is -0.354 e. The number of hydrogen-bond donors (Lipinski definition) is 4. The zero-order valence-corrected chi connectivity index (χ0v) is 42.5. The minimum absolute atomic E-state index is 0.00310. The highest BCUT2D eigenvalue weighted by molar-refractivity contribution is 6.15. The van der Waals surface area contributed by atoms with Gasteiger partial charge in [0.25, 0.3) is 0 Å². The van der Waals surface area contributed by atoms with Crippen LogP contribution >= 0.6 is 0 Å². The summed E-state index contributed by atoms with van der Waals surface area (Å²) in [6.45, 7) is 27.0. The first-order valence-electron chi connectivity index (χ1n) is 24.5. The third-order valence-corrected chi connectivity index (χ3v) is 14.2. The molecule has 0 unspecified atom stereocenters. The fourth-order valence-corrected chi connectivity index (χ4v) is 10.1. The van der Waals surface area contributed by atoms with Gasteiger partial charge in [-0.05, 0) is 90.5 Å². The number of imidazole rings is 2. The van der Waals surface area contributed by atoms with Gasteiger partial charge in [-0.1, -0.05) is 180 Å². The maximum atomic E-state index is 5.75. The van der Waals surface area contributed by atoms with Gasteiger partial charge in [-0.3, -0.25) is 0 Å². The molecule has 9 aromatic rings. The molecule has 2 aliphatic heterocycles. The maximum Gasteiger partial charge on any atom is 0.117 e. The van der Waals surface area contributed by atoms with E-state index in [9.17, 15) is 0 Å². The molecule has 0 saturated heterocycles. The van der Waals surface area contributed by atoms with Crippen molar-refractivity contribution in [3.05, 3.63) is 155 Å². The lowest BCUT2D eigenvalue weighted by atomic mass is 9.86. The van der Waals surface area contributed by atoms with E-state index in [4.69, 9.17) is 19.9 Å². The third-order valence-electron chi connectivity index (χ3n) is 14.2. The van der Waals surface area contributed by atoms with Gasteiger partial charge in [0.15, 0.2) is 0 Å². The van der Waals surface area contributed by atoms with Gasteiger partial charge >= 0.3 is 0 Å². The Labute approximate surface area is 410 Å². The molecule has 0 fully saturated rings. The van der Waals surface area contributed by atoms with Gasteiger partial charge in [0.05, 0.1) is 52.0 Å². The van der Waals surface area contributed by atoms with Gasteiger partial charge in [0, 0.05) is 33.3 Å². The van der Waals surface area contributed by atoms with Crippen LogP contribution in [0.4, 0.5) is 0 Å². The summed E-state index contributed by atoms with van der Waals surface area (Å²) in [4.78, 5) is 36.7. The molecule has 4 aromatic carbocycles. The molecular formula is C62H62N8. The predicted octanol–water partition coefficient (Wildman–Crippen LogP) is 16.3. The zero-order chi connectivity index (χ0) is 49.1. The molecule has 0 radical (unpaired) electrons. The molecule has 8 nitrogen and oxygen atoms in total. The van der Waals surface area contributed by atoms with Crippen molar-refractivity contribution >= 4 is 45.3 Å². The van der Waals surface area contributed by atoms with E-state index in [-0.39, 0.29) is 21.7 Å². The quantitative estimate of drug-likeness (QED) is 0.141. The van der Waals surface area contributed by atoms with E-state index in [0.717, 1.165) is 112 Å². The lowest BCUT2D eigenvalue weighted by Gasteiger charge is -2.19. The van der Waals surface area contributed by atoms with Gasteiger partial charge < -0.3 is 19.9 Å². The number of fused-ring (bicyclic) bond motifs is 14. The van der Waals surface area contributed by atoms with Gasteiger partial charge in [0.1, 0.15) is 16.9 Å². The van der Waals surface area contributed by atoms with Crippen molar-refractivity contribution in [2.24, 2.45) is 0 Å². The average molecular weight is 919 g/mol. The number of rotatable bonds is 4. The molecule has 0 aliphatic carbocycles. The molecule has 70 heavy (non-hydrogen) atoms. The van der Waals surface area contributed by atoms with E-state index in [1.54, 1.807) is 12.7 Å². The standard InChI is InChI=1S/C62H62N8/c1-59(2,3)39-21-13-35(14-22-39)47-43-29-31-45(67-43)48(36-15-23-40(24-16-36)60(4,5)6)51-55-57(65-33-63-55)53(69-51)50(38-19-27-42(28-20-38)62(10,11)12)54-58-56(64-34-66-58)52(70-54)49(46-32-30-44(47)68-46)37-17-25-41(26-18-37)61(7,8)9/h13-34,67,70H,1-12H3,(H,63,65)(H,64,66). The molecule has 4 N–H and O–H groups in total. The molecule has 0 saturated carbocycles. The summed E-state index contributed by atoms with van der Waals surface area (Å²) in [5, 5.41) is 0. The number of nitrogens with one attached hydrogen (secondary N) is 4. The third kappa shape index (κ3) is 7.70. The van der Waals surface area contributed by atoms with Crippen LogP contribution in [0.5, 0.6) is 0 Å². The van der Waals surface area contributed by atoms with E-state index in [1.165, 1.54) is 22.3 Å². The van der Waals surface area contributed by atoms with Crippen molar-refractivity contribution in [3.63, 3.8) is 0 Å². The highest BCUT2D eigenvalue weighted by atomic mass is 15.0. The summed E-state index contributed by atoms with van der Waals surface area (Å²) < 4.78 is 0. The summed E-state index contributed by atoms with van der Waals surface area (Å²) in [6.07, 6.45) is 7.92. The summed E-state index contributed by atoms with van der Waals surface area (Å²) in [5.74, 6) is 0. The zero-order valence-electron chi connectivity index (χ0n) is 42.5. The fourth-order valence-electron chi connectivity index (χ4n) is 10.1. The summed E-state index contributed by atoms with van der Waals surface area (Å²) in [5.41, 5.74) is 23.2. The molecule has 2 aliphatic rings. The van der Waals surface area contributed by atoms with Crippen LogP contribution in [-0.2, 0) is 21.7 Å². The van der Waals surface area contributed by atoms with Gasteiger partial charge in [-0.2, -0.15) is 0 Å². The van der Waals surface area contributed by atoms with E-state index >= 15 is 0 Å². The van der Waals surface area contributed by atoms with E-state index in [2.05, 4.69) is 224 Å². The van der Waals surface area contributed by atoms with Crippen LogP contribution in [0.2, 0.25) is 0 Å². The van der Waals surface area contributed by atoms with Crippen LogP contribution in [0.3, 0.4) is 0 Å². The fraction of sp³-hybridized carbons (Fsp3) is 0.258. The van der Waals surface area contributed by atoms with Crippen LogP contribution < -0.4 is 0 Å². The Morgan fingerprint density at radius 3 is 1.27 bits per heavy atom. The van der Waals surface area contributed by atoms with Crippen molar-refractivity contribution in [2.45, 2.75) is 105 Å². The summed E-state index contributed by atoms with van der Waals surface area (Å²) >= 11 is 0. The minimum atomic E-state index is -0.0344. The Morgan fingerprint density at radius 2 is 0.771 bits per heavy atom. The number of benzene rings is 4. The van der Waals surface area contributed by atoms with Crippen molar-refractivity contribution in [2.75, 3.05) is 0 Å². The predicted molar refractivity (Wildman–Crippen MR) is 293 cm³/mol. The molecular weight excluding hydrogens is 857 g/mol. The van der Waals surface area contributed by atoms with Crippen LogP contribution in [-0.4, -0.2) is 39.9 Å². The Balaban J connectivity index is 1.35. The first-order valence-corrected chi connectivity index (χ1v) is 24.5. The Hall–Kier alpha value is -7.58. The lowest BCUT2D eigenvalue weighted by molar-refractivity contribution is 0.590. The lowest BCUT2D eigenvalue weighted by Crippen LogP contribution is -2.10. The van der Waals surface area contributed by atoms with Crippen LogP contribution in [0.25, 0.3) is 113 Å². The number of aromatic amines is 4. The number of nitrogens with zero attached hydrogens (tertiary/aromatic N) is 4. The van der Waals surface area contributed by atoms with Crippen molar-refractivity contribution in [1.29, 1.82) is 0 Å². The molecule has 7 heterocycles. The average Bonchev–Trinajstić information content (AvgIpc) is 4.18. The number of aromatic nitrogens is 8. The summed E-state index contributed by atoms with van der Waals surface area (Å²) in [6, 6.07) is 40.2. The smallest absolute Gasteiger partial charge is 0.117 e. The second kappa shape index (κ2) is 16.0. The Morgan fingerprint density at radius 1 is 0.343 bits per heavy atom.